The zero-order valence-corrected chi connectivity index (χ0v) is 12.5. The van der Waals surface area contributed by atoms with Gasteiger partial charge in [0.25, 0.3) is 0 Å². The molecule has 1 N–H and O–H groups in total. The van der Waals surface area contributed by atoms with E-state index in [9.17, 15) is 0 Å². The Hall–Kier alpha value is -1.32. The number of para-hydroxylation sites is 1. The van der Waals surface area contributed by atoms with E-state index < -0.39 is 0 Å². The molecule has 0 aliphatic carbocycles. The maximum Gasteiger partial charge on any atom is 0.0526 e. The summed E-state index contributed by atoms with van der Waals surface area (Å²) in [6.07, 6.45) is 2.20. The van der Waals surface area contributed by atoms with Crippen LogP contribution in [0.2, 0.25) is 0 Å². The fourth-order valence-electron chi connectivity index (χ4n) is 2.29. The van der Waals surface area contributed by atoms with E-state index in [1.54, 1.807) is 0 Å². The van der Waals surface area contributed by atoms with Gasteiger partial charge in [-0.1, -0.05) is 32.0 Å². The Balaban J connectivity index is 2.27. The van der Waals surface area contributed by atoms with E-state index >= 15 is 0 Å². The molecule has 0 fully saturated rings. The van der Waals surface area contributed by atoms with Gasteiger partial charge < -0.3 is 14.8 Å². The summed E-state index contributed by atoms with van der Waals surface area (Å²) in [7, 11) is 4.24. The molecule has 1 aromatic heterocycles. The molecule has 0 spiro atoms. The Bertz CT molecular complexity index is 526. The van der Waals surface area contributed by atoms with Crippen LogP contribution in [0.3, 0.4) is 0 Å². The Morgan fingerprint density at radius 3 is 2.68 bits per heavy atom. The van der Waals surface area contributed by atoms with E-state index in [0.717, 1.165) is 19.6 Å². The SMILES string of the molecule is CC(C)NCc1cccc2ccn(CCN(C)C)c12. The van der Waals surface area contributed by atoms with Gasteiger partial charge in [-0.05, 0) is 31.1 Å². The molecule has 0 saturated carbocycles. The molecule has 0 unspecified atom stereocenters. The Morgan fingerprint density at radius 2 is 2.00 bits per heavy atom. The molecule has 1 heterocycles. The minimum Gasteiger partial charge on any atom is -0.346 e. The first-order valence-electron chi connectivity index (χ1n) is 7.03. The van der Waals surface area contributed by atoms with Crippen molar-refractivity contribution in [2.24, 2.45) is 0 Å². The summed E-state index contributed by atoms with van der Waals surface area (Å²) in [5.74, 6) is 0. The molecule has 0 aliphatic rings. The molecule has 3 heteroatoms. The van der Waals surface area contributed by atoms with Crippen molar-refractivity contribution in [2.75, 3.05) is 20.6 Å². The first kappa shape index (κ1) is 14.1. The molecule has 104 valence electrons. The first-order valence-corrected chi connectivity index (χ1v) is 7.03. The Labute approximate surface area is 116 Å². The van der Waals surface area contributed by atoms with Crippen LogP contribution in [0.5, 0.6) is 0 Å². The highest BCUT2D eigenvalue weighted by Crippen LogP contribution is 2.20. The summed E-state index contributed by atoms with van der Waals surface area (Å²) in [5, 5.41) is 4.85. The van der Waals surface area contributed by atoms with Crippen LogP contribution in [0.1, 0.15) is 19.4 Å². The second-order valence-corrected chi connectivity index (χ2v) is 5.70. The maximum absolute atomic E-state index is 3.51. The van der Waals surface area contributed by atoms with E-state index in [4.69, 9.17) is 0 Å². The fraction of sp³-hybridized carbons (Fsp3) is 0.500. The van der Waals surface area contributed by atoms with E-state index in [2.05, 4.69) is 73.2 Å². The summed E-state index contributed by atoms with van der Waals surface area (Å²) in [6.45, 7) is 7.41. The molecule has 2 aromatic rings. The number of likely N-dealkylation sites (N-methyl/N-ethyl adjacent to an activating group) is 1. The van der Waals surface area contributed by atoms with Crippen molar-refractivity contribution in [2.45, 2.75) is 33.0 Å². The number of benzene rings is 1. The molecule has 0 atom stereocenters. The molecule has 0 aliphatic heterocycles. The second kappa shape index (κ2) is 6.22. The summed E-state index contributed by atoms with van der Waals surface area (Å²) in [4.78, 5) is 2.22. The second-order valence-electron chi connectivity index (χ2n) is 5.70. The molecule has 2 rings (SSSR count). The lowest BCUT2D eigenvalue weighted by Crippen LogP contribution is -2.22. The van der Waals surface area contributed by atoms with Crippen LogP contribution in [0.15, 0.2) is 30.5 Å². The Morgan fingerprint density at radius 1 is 1.21 bits per heavy atom. The number of nitrogens with zero attached hydrogens (tertiary/aromatic N) is 2. The smallest absolute Gasteiger partial charge is 0.0526 e. The summed E-state index contributed by atoms with van der Waals surface area (Å²) < 4.78 is 2.37. The zero-order valence-electron chi connectivity index (χ0n) is 12.5. The first-order chi connectivity index (χ1) is 9.08. The average molecular weight is 259 g/mol. The molecule has 0 saturated heterocycles. The largest absolute Gasteiger partial charge is 0.346 e. The van der Waals surface area contributed by atoms with Crippen LogP contribution in [-0.2, 0) is 13.1 Å². The standard InChI is InChI=1S/C16H25N3/c1-13(2)17-12-15-7-5-6-14-8-9-19(16(14)15)11-10-18(3)4/h5-9,13,17H,10-12H2,1-4H3. The van der Waals surface area contributed by atoms with Gasteiger partial charge in [0.15, 0.2) is 0 Å². The normalized spacial score (nSPS) is 11.9. The van der Waals surface area contributed by atoms with Gasteiger partial charge >= 0.3 is 0 Å². The third-order valence-electron chi connectivity index (χ3n) is 3.36. The number of rotatable bonds is 6. The van der Waals surface area contributed by atoms with E-state index in [1.165, 1.54) is 16.5 Å². The van der Waals surface area contributed by atoms with E-state index in [0.29, 0.717) is 6.04 Å². The Kier molecular flexibility index (Phi) is 4.61. The minimum absolute atomic E-state index is 0.514. The minimum atomic E-state index is 0.514. The fourth-order valence-corrected chi connectivity index (χ4v) is 2.29. The van der Waals surface area contributed by atoms with Gasteiger partial charge in [0, 0.05) is 31.9 Å². The molecule has 19 heavy (non-hydrogen) atoms. The highest BCUT2D eigenvalue weighted by atomic mass is 15.1. The van der Waals surface area contributed by atoms with Gasteiger partial charge in [0.2, 0.25) is 0 Å². The van der Waals surface area contributed by atoms with Gasteiger partial charge in [-0.3, -0.25) is 0 Å². The van der Waals surface area contributed by atoms with Crippen molar-refractivity contribution < 1.29 is 0 Å². The zero-order chi connectivity index (χ0) is 13.8. The quantitative estimate of drug-likeness (QED) is 0.860. The summed E-state index contributed by atoms with van der Waals surface area (Å²) in [5.41, 5.74) is 2.76. The van der Waals surface area contributed by atoms with Crippen LogP contribution in [0, 0.1) is 0 Å². The van der Waals surface area contributed by atoms with Crippen LogP contribution in [0.25, 0.3) is 10.9 Å². The topological polar surface area (TPSA) is 20.2 Å². The lowest BCUT2D eigenvalue weighted by atomic mass is 10.1. The molecule has 1 aromatic carbocycles. The summed E-state index contributed by atoms with van der Waals surface area (Å²) in [6, 6.07) is 9.30. The number of fused-ring (bicyclic) bond motifs is 1. The molecule has 0 bridgehead atoms. The van der Waals surface area contributed by atoms with Crippen LogP contribution >= 0.6 is 0 Å². The van der Waals surface area contributed by atoms with Gasteiger partial charge in [0.05, 0.1) is 5.52 Å². The number of hydrogen-bond donors (Lipinski definition) is 1. The molecular formula is C16H25N3. The van der Waals surface area contributed by atoms with Gasteiger partial charge in [-0.2, -0.15) is 0 Å². The van der Waals surface area contributed by atoms with Crippen LogP contribution < -0.4 is 5.32 Å². The van der Waals surface area contributed by atoms with Crippen LogP contribution in [-0.4, -0.2) is 36.1 Å². The van der Waals surface area contributed by atoms with Gasteiger partial charge in [0.1, 0.15) is 0 Å². The molecule has 3 nitrogen and oxygen atoms in total. The molecule has 0 amide bonds. The molecular weight excluding hydrogens is 234 g/mol. The highest BCUT2D eigenvalue weighted by Gasteiger charge is 2.07. The van der Waals surface area contributed by atoms with Crippen LogP contribution in [0.4, 0.5) is 0 Å². The number of nitrogens with one attached hydrogen (secondary N) is 1. The van der Waals surface area contributed by atoms with Gasteiger partial charge in [-0.15, -0.1) is 0 Å². The number of hydrogen-bond acceptors (Lipinski definition) is 2. The molecule has 0 radical (unpaired) electrons. The van der Waals surface area contributed by atoms with Crippen molar-refractivity contribution in [3.05, 3.63) is 36.0 Å². The average Bonchev–Trinajstić information content (AvgIpc) is 2.77. The van der Waals surface area contributed by atoms with Crippen molar-refractivity contribution in [1.29, 1.82) is 0 Å². The van der Waals surface area contributed by atoms with E-state index in [1.807, 2.05) is 0 Å². The predicted molar refractivity (Wildman–Crippen MR) is 82.5 cm³/mol. The van der Waals surface area contributed by atoms with Crippen molar-refractivity contribution in [1.82, 2.24) is 14.8 Å². The van der Waals surface area contributed by atoms with Crippen molar-refractivity contribution in [3.63, 3.8) is 0 Å². The highest BCUT2D eigenvalue weighted by molar-refractivity contribution is 5.83. The van der Waals surface area contributed by atoms with E-state index in [-0.39, 0.29) is 0 Å². The maximum atomic E-state index is 3.51. The van der Waals surface area contributed by atoms with Gasteiger partial charge in [-0.25, -0.2) is 0 Å². The summed E-state index contributed by atoms with van der Waals surface area (Å²) >= 11 is 0. The number of aromatic nitrogens is 1. The third-order valence-corrected chi connectivity index (χ3v) is 3.36. The predicted octanol–water partition coefficient (Wildman–Crippen LogP) is 2.70. The monoisotopic (exact) mass is 259 g/mol. The third kappa shape index (κ3) is 3.58. The lowest BCUT2D eigenvalue weighted by molar-refractivity contribution is 0.386. The van der Waals surface area contributed by atoms with Crippen molar-refractivity contribution in [3.8, 4) is 0 Å². The van der Waals surface area contributed by atoms with Crippen molar-refractivity contribution >= 4 is 10.9 Å². The lowest BCUT2D eigenvalue weighted by Gasteiger charge is -2.14.